The highest BCUT2D eigenvalue weighted by molar-refractivity contribution is 7.92. The molecular weight excluding hydrogens is 288 g/mol. The van der Waals surface area contributed by atoms with Crippen molar-refractivity contribution < 1.29 is 13.2 Å². The standard InChI is InChI=1S/C15H22N2O3S/c1-12-13(15(18)17-10-5-4-6-11-17)8-7-9-14(12)16(2)21(3,19)20/h7-9H,4-6,10-11H2,1-3H3. The quantitative estimate of drug-likeness (QED) is 0.858. The maximum absolute atomic E-state index is 12.6. The molecule has 1 aromatic rings. The minimum absolute atomic E-state index is 0.00375. The van der Waals surface area contributed by atoms with E-state index in [0.717, 1.165) is 32.2 Å². The van der Waals surface area contributed by atoms with Crippen molar-refractivity contribution in [2.45, 2.75) is 26.2 Å². The van der Waals surface area contributed by atoms with Crippen LogP contribution in [0.1, 0.15) is 35.2 Å². The zero-order valence-corrected chi connectivity index (χ0v) is 13.6. The Morgan fingerprint density at radius 2 is 1.81 bits per heavy atom. The molecule has 5 nitrogen and oxygen atoms in total. The molecule has 0 bridgehead atoms. The first-order valence-corrected chi connectivity index (χ1v) is 9.00. The topological polar surface area (TPSA) is 57.7 Å². The van der Waals surface area contributed by atoms with Gasteiger partial charge in [-0.3, -0.25) is 9.10 Å². The van der Waals surface area contributed by atoms with E-state index in [2.05, 4.69) is 0 Å². The van der Waals surface area contributed by atoms with Gasteiger partial charge >= 0.3 is 0 Å². The van der Waals surface area contributed by atoms with Gasteiger partial charge in [-0.05, 0) is 43.9 Å². The third-order valence-corrected chi connectivity index (χ3v) is 5.21. The summed E-state index contributed by atoms with van der Waals surface area (Å²) in [5.41, 5.74) is 1.85. The molecule has 116 valence electrons. The monoisotopic (exact) mass is 310 g/mol. The zero-order valence-electron chi connectivity index (χ0n) is 12.8. The lowest BCUT2D eigenvalue weighted by Gasteiger charge is -2.28. The number of rotatable bonds is 3. The van der Waals surface area contributed by atoms with Gasteiger partial charge in [0, 0.05) is 25.7 Å². The molecule has 1 amide bonds. The first-order valence-electron chi connectivity index (χ1n) is 7.15. The van der Waals surface area contributed by atoms with Gasteiger partial charge in [-0.2, -0.15) is 0 Å². The summed E-state index contributed by atoms with van der Waals surface area (Å²) >= 11 is 0. The minimum Gasteiger partial charge on any atom is -0.339 e. The molecule has 0 atom stereocenters. The van der Waals surface area contributed by atoms with Gasteiger partial charge in [-0.15, -0.1) is 0 Å². The van der Waals surface area contributed by atoms with Gasteiger partial charge in [0.05, 0.1) is 11.9 Å². The van der Waals surface area contributed by atoms with Gasteiger partial charge in [0.15, 0.2) is 0 Å². The van der Waals surface area contributed by atoms with Crippen molar-refractivity contribution in [2.24, 2.45) is 0 Å². The van der Waals surface area contributed by atoms with Gasteiger partial charge in [0.25, 0.3) is 5.91 Å². The number of likely N-dealkylation sites (tertiary alicyclic amines) is 1. The van der Waals surface area contributed by atoms with E-state index >= 15 is 0 Å². The average Bonchev–Trinajstić information content (AvgIpc) is 2.46. The normalized spacial score (nSPS) is 15.9. The molecule has 0 radical (unpaired) electrons. The number of hydrogen-bond acceptors (Lipinski definition) is 3. The summed E-state index contributed by atoms with van der Waals surface area (Å²) in [6, 6.07) is 5.23. The van der Waals surface area contributed by atoms with Gasteiger partial charge in [0.2, 0.25) is 10.0 Å². The Labute approximate surface area is 126 Å². The number of amides is 1. The second kappa shape index (κ2) is 6.05. The second-order valence-electron chi connectivity index (χ2n) is 5.53. The summed E-state index contributed by atoms with van der Waals surface area (Å²) < 4.78 is 24.6. The lowest BCUT2D eigenvalue weighted by atomic mass is 10.0. The highest BCUT2D eigenvalue weighted by atomic mass is 32.2. The maximum Gasteiger partial charge on any atom is 0.254 e. The molecule has 1 saturated heterocycles. The molecule has 1 aromatic carbocycles. The van der Waals surface area contributed by atoms with Crippen molar-refractivity contribution >= 4 is 21.6 Å². The molecule has 1 aliphatic rings. The molecule has 0 aromatic heterocycles. The number of piperidine rings is 1. The molecule has 1 aliphatic heterocycles. The Kier molecular flexibility index (Phi) is 4.56. The Balaban J connectivity index is 2.35. The van der Waals surface area contributed by atoms with Gasteiger partial charge in [-0.1, -0.05) is 6.07 Å². The fourth-order valence-electron chi connectivity index (χ4n) is 2.64. The van der Waals surface area contributed by atoms with Crippen LogP contribution in [-0.2, 0) is 10.0 Å². The number of carbonyl (C=O) groups is 1. The van der Waals surface area contributed by atoms with Crippen LogP contribution in [0.5, 0.6) is 0 Å². The van der Waals surface area contributed by atoms with Gasteiger partial charge < -0.3 is 4.90 Å². The number of nitrogens with zero attached hydrogens (tertiary/aromatic N) is 2. The van der Waals surface area contributed by atoms with Crippen LogP contribution < -0.4 is 4.31 Å². The fourth-order valence-corrected chi connectivity index (χ4v) is 3.20. The van der Waals surface area contributed by atoms with E-state index in [4.69, 9.17) is 0 Å². The first-order chi connectivity index (χ1) is 9.82. The van der Waals surface area contributed by atoms with E-state index in [-0.39, 0.29) is 5.91 Å². The summed E-state index contributed by atoms with van der Waals surface area (Å²) in [7, 11) is -1.83. The third-order valence-electron chi connectivity index (χ3n) is 4.02. The van der Waals surface area contributed by atoms with E-state index in [1.165, 1.54) is 17.8 Å². The fraction of sp³-hybridized carbons (Fsp3) is 0.533. The summed E-state index contributed by atoms with van der Waals surface area (Å²) in [6.07, 6.45) is 4.40. The van der Waals surface area contributed by atoms with Crippen LogP contribution >= 0.6 is 0 Å². The van der Waals surface area contributed by atoms with E-state index in [9.17, 15) is 13.2 Å². The minimum atomic E-state index is -3.34. The average molecular weight is 310 g/mol. The van der Waals surface area contributed by atoms with Crippen LogP contribution in [-0.4, -0.2) is 45.6 Å². The molecule has 0 unspecified atom stereocenters. The summed E-state index contributed by atoms with van der Waals surface area (Å²) in [5, 5.41) is 0. The predicted octanol–water partition coefficient (Wildman–Crippen LogP) is 2.02. The number of carbonyl (C=O) groups excluding carboxylic acids is 1. The Hall–Kier alpha value is -1.56. The highest BCUT2D eigenvalue weighted by Crippen LogP contribution is 2.25. The highest BCUT2D eigenvalue weighted by Gasteiger charge is 2.22. The van der Waals surface area contributed by atoms with Crippen LogP contribution in [0.15, 0.2) is 18.2 Å². The van der Waals surface area contributed by atoms with Crippen molar-refractivity contribution in [3.8, 4) is 0 Å². The number of hydrogen-bond donors (Lipinski definition) is 0. The van der Waals surface area contributed by atoms with Crippen LogP contribution in [0.3, 0.4) is 0 Å². The third kappa shape index (κ3) is 3.37. The van der Waals surface area contributed by atoms with Crippen LogP contribution in [0.4, 0.5) is 5.69 Å². The number of anilines is 1. The SMILES string of the molecule is Cc1c(C(=O)N2CCCCC2)cccc1N(C)S(C)(=O)=O. The largest absolute Gasteiger partial charge is 0.339 e. The van der Waals surface area contributed by atoms with Gasteiger partial charge in [-0.25, -0.2) is 8.42 Å². The second-order valence-corrected chi connectivity index (χ2v) is 7.55. The molecule has 0 spiro atoms. The molecule has 0 N–H and O–H groups in total. The van der Waals surface area contributed by atoms with Crippen molar-refractivity contribution in [2.75, 3.05) is 30.7 Å². The van der Waals surface area contributed by atoms with E-state index in [1.54, 1.807) is 25.1 Å². The van der Waals surface area contributed by atoms with Crippen LogP contribution in [0, 0.1) is 6.92 Å². The summed E-state index contributed by atoms with van der Waals surface area (Å²) in [4.78, 5) is 14.5. The van der Waals surface area contributed by atoms with Crippen molar-refractivity contribution in [3.05, 3.63) is 29.3 Å². The molecular formula is C15H22N2O3S. The van der Waals surface area contributed by atoms with Crippen LogP contribution in [0.2, 0.25) is 0 Å². The molecule has 21 heavy (non-hydrogen) atoms. The van der Waals surface area contributed by atoms with Crippen molar-refractivity contribution in [1.29, 1.82) is 0 Å². The van der Waals surface area contributed by atoms with E-state index in [0.29, 0.717) is 16.8 Å². The molecule has 1 fully saturated rings. The molecule has 2 rings (SSSR count). The van der Waals surface area contributed by atoms with Crippen LogP contribution in [0.25, 0.3) is 0 Å². The molecule has 6 heteroatoms. The van der Waals surface area contributed by atoms with Gasteiger partial charge in [0.1, 0.15) is 0 Å². The zero-order chi connectivity index (χ0) is 15.6. The number of sulfonamides is 1. The summed E-state index contributed by atoms with van der Waals surface area (Å²) in [6.45, 7) is 3.36. The first kappa shape index (κ1) is 15.8. The lowest BCUT2D eigenvalue weighted by Crippen LogP contribution is -2.36. The summed E-state index contributed by atoms with van der Waals surface area (Å²) in [5.74, 6) is -0.00375. The van der Waals surface area contributed by atoms with E-state index in [1.807, 2.05) is 4.90 Å². The molecule has 0 aliphatic carbocycles. The number of benzene rings is 1. The smallest absolute Gasteiger partial charge is 0.254 e. The van der Waals surface area contributed by atoms with Crippen molar-refractivity contribution in [1.82, 2.24) is 4.90 Å². The predicted molar refractivity (Wildman–Crippen MR) is 84.2 cm³/mol. The lowest BCUT2D eigenvalue weighted by molar-refractivity contribution is 0.0723. The van der Waals surface area contributed by atoms with Crippen molar-refractivity contribution in [3.63, 3.8) is 0 Å². The molecule has 1 heterocycles. The Morgan fingerprint density at radius 3 is 2.38 bits per heavy atom. The van der Waals surface area contributed by atoms with E-state index < -0.39 is 10.0 Å². The Morgan fingerprint density at radius 1 is 1.19 bits per heavy atom. The maximum atomic E-state index is 12.6. The Bertz CT molecular complexity index is 634. The molecule has 0 saturated carbocycles.